The molecule has 25 heavy (non-hydrogen) atoms. The molecule has 2 aromatic rings. The van der Waals surface area contributed by atoms with E-state index >= 15 is 0 Å². The summed E-state index contributed by atoms with van der Waals surface area (Å²) in [6.45, 7) is 1.37. The summed E-state index contributed by atoms with van der Waals surface area (Å²) in [5.74, 6) is -1.12. The number of carbonyl (C=O) groups is 2. The Hall–Kier alpha value is -2.01. The van der Waals surface area contributed by atoms with Crippen LogP contribution in [0.4, 0.5) is 5.69 Å². The fourth-order valence-electron chi connectivity index (χ4n) is 1.91. The minimum atomic E-state index is -0.663. The van der Waals surface area contributed by atoms with E-state index in [0.29, 0.717) is 26.3 Å². The standard InChI is InChI=1S/C18H14Cl3NO3/c1-11-14(20)3-2-4-16(11)22-17(23)10-25-18(24)8-6-12-5-7-13(19)9-15(12)21/h2-9H,10H2,1H3,(H,22,23). The van der Waals surface area contributed by atoms with Gasteiger partial charge in [0.15, 0.2) is 6.61 Å². The van der Waals surface area contributed by atoms with Gasteiger partial charge in [0.25, 0.3) is 5.91 Å². The zero-order valence-electron chi connectivity index (χ0n) is 13.2. The van der Waals surface area contributed by atoms with Crippen LogP contribution >= 0.6 is 34.8 Å². The van der Waals surface area contributed by atoms with Crippen LogP contribution in [0.2, 0.25) is 15.1 Å². The van der Waals surface area contributed by atoms with Crippen LogP contribution in [0.5, 0.6) is 0 Å². The van der Waals surface area contributed by atoms with Crippen LogP contribution < -0.4 is 5.32 Å². The molecule has 0 saturated heterocycles. The van der Waals surface area contributed by atoms with E-state index in [1.54, 1.807) is 43.3 Å². The molecule has 0 spiro atoms. The van der Waals surface area contributed by atoms with Crippen molar-refractivity contribution in [2.75, 3.05) is 11.9 Å². The van der Waals surface area contributed by atoms with E-state index in [-0.39, 0.29) is 0 Å². The Morgan fingerprint density at radius 3 is 2.60 bits per heavy atom. The number of halogens is 3. The molecule has 2 aromatic carbocycles. The third-order valence-corrected chi connectivity index (χ3v) is 4.22. The second kappa shape index (κ2) is 8.90. The Morgan fingerprint density at radius 2 is 1.88 bits per heavy atom. The van der Waals surface area contributed by atoms with Gasteiger partial charge in [-0.15, -0.1) is 0 Å². The Labute approximate surface area is 160 Å². The number of anilines is 1. The van der Waals surface area contributed by atoms with Crippen molar-refractivity contribution in [1.82, 2.24) is 0 Å². The van der Waals surface area contributed by atoms with Crippen molar-refractivity contribution in [3.63, 3.8) is 0 Å². The van der Waals surface area contributed by atoms with E-state index in [0.717, 1.165) is 5.56 Å². The maximum absolute atomic E-state index is 11.9. The molecule has 1 amide bonds. The number of hydrogen-bond donors (Lipinski definition) is 1. The number of rotatable bonds is 5. The number of benzene rings is 2. The highest BCUT2D eigenvalue weighted by Crippen LogP contribution is 2.23. The van der Waals surface area contributed by atoms with Gasteiger partial charge in [-0.2, -0.15) is 0 Å². The van der Waals surface area contributed by atoms with E-state index in [1.807, 2.05) is 0 Å². The minimum Gasteiger partial charge on any atom is -0.452 e. The SMILES string of the molecule is Cc1c(Cl)cccc1NC(=O)COC(=O)C=Cc1ccc(Cl)cc1Cl. The Morgan fingerprint density at radius 1 is 1.12 bits per heavy atom. The highest BCUT2D eigenvalue weighted by molar-refractivity contribution is 6.35. The molecule has 7 heteroatoms. The van der Waals surface area contributed by atoms with Crippen molar-refractivity contribution < 1.29 is 14.3 Å². The Kier molecular flexibility index (Phi) is 6.88. The van der Waals surface area contributed by atoms with Crippen molar-refractivity contribution >= 4 is 58.4 Å². The molecule has 2 rings (SSSR count). The van der Waals surface area contributed by atoms with Crippen molar-refractivity contribution in [2.45, 2.75) is 6.92 Å². The first-order valence-electron chi connectivity index (χ1n) is 7.21. The van der Waals surface area contributed by atoms with Gasteiger partial charge in [0, 0.05) is 26.8 Å². The lowest BCUT2D eigenvalue weighted by Crippen LogP contribution is -2.20. The lowest BCUT2D eigenvalue weighted by Gasteiger charge is -2.09. The summed E-state index contributed by atoms with van der Waals surface area (Å²) in [7, 11) is 0. The highest BCUT2D eigenvalue weighted by atomic mass is 35.5. The number of carbonyl (C=O) groups excluding carboxylic acids is 2. The second-order valence-corrected chi connectivity index (χ2v) is 6.32. The third kappa shape index (κ3) is 5.78. The number of amides is 1. The fourth-order valence-corrected chi connectivity index (χ4v) is 2.55. The summed E-state index contributed by atoms with van der Waals surface area (Å²) in [4.78, 5) is 23.5. The molecule has 0 unspecified atom stereocenters. The van der Waals surface area contributed by atoms with Gasteiger partial charge in [-0.05, 0) is 48.4 Å². The van der Waals surface area contributed by atoms with Gasteiger partial charge >= 0.3 is 5.97 Å². The Bertz CT molecular complexity index is 834. The molecule has 0 aliphatic rings. The lowest BCUT2D eigenvalue weighted by molar-refractivity contribution is -0.142. The van der Waals surface area contributed by atoms with Crippen LogP contribution in [0, 0.1) is 6.92 Å². The van der Waals surface area contributed by atoms with Crippen molar-refractivity contribution in [1.29, 1.82) is 0 Å². The number of nitrogens with one attached hydrogen (secondary N) is 1. The van der Waals surface area contributed by atoms with Gasteiger partial charge in [0.05, 0.1) is 0 Å². The average molecular weight is 399 g/mol. The van der Waals surface area contributed by atoms with Gasteiger partial charge in [-0.3, -0.25) is 4.79 Å². The maximum atomic E-state index is 11.9. The fraction of sp³-hybridized carbons (Fsp3) is 0.111. The molecule has 0 fully saturated rings. The largest absolute Gasteiger partial charge is 0.452 e. The normalized spacial score (nSPS) is 10.7. The number of ether oxygens (including phenoxy) is 1. The van der Waals surface area contributed by atoms with Crippen LogP contribution in [0.1, 0.15) is 11.1 Å². The van der Waals surface area contributed by atoms with Crippen LogP contribution in [-0.4, -0.2) is 18.5 Å². The summed E-state index contributed by atoms with van der Waals surface area (Å²) in [5, 5.41) is 4.08. The smallest absolute Gasteiger partial charge is 0.331 e. The highest BCUT2D eigenvalue weighted by Gasteiger charge is 2.09. The zero-order valence-corrected chi connectivity index (χ0v) is 15.5. The molecular formula is C18H14Cl3NO3. The van der Waals surface area contributed by atoms with E-state index in [1.165, 1.54) is 12.2 Å². The van der Waals surface area contributed by atoms with E-state index in [9.17, 15) is 9.59 Å². The van der Waals surface area contributed by atoms with Crippen LogP contribution in [0.3, 0.4) is 0 Å². The topological polar surface area (TPSA) is 55.4 Å². The molecule has 0 atom stereocenters. The summed E-state index contributed by atoms with van der Waals surface area (Å²) in [6, 6.07) is 10.0. The van der Waals surface area contributed by atoms with E-state index in [4.69, 9.17) is 39.5 Å². The summed E-state index contributed by atoms with van der Waals surface area (Å²) < 4.78 is 4.89. The summed E-state index contributed by atoms with van der Waals surface area (Å²) >= 11 is 17.8. The van der Waals surface area contributed by atoms with Gasteiger partial charge in [0.1, 0.15) is 0 Å². The summed E-state index contributed by atoms with van der Waals surface area (Å²) in [5.41, 5.74) is 1.92. The van der Waals surface area contributed by atoms with Gasteiger partial charge in [-0.25, -0.2) is 4.79 Å². The van der Waals surface area contributed by atoms with Crippen molar-refractivity contribution in [2.24, 2.45) is 0 Å². The molecule has 0 aliphatic carbocycles. The van der Waals surface area contributed by atoms with Crippen molar-refractivity contribution in [3.05, 3.63) is 68.7 Å². The first kappa shape index (κ1) is 19.3. The molecule has 4 nitrogen and oxygen atoms in total. The third-order valence-electron chi connectivity index (χ3n) is 3.25. The molecule has 0 heterocycles. The molecule has 0 aliphatic heterocycles. The first-order chi connectivity index (χ1) is 11.9. The molecule has 0 saturated carbocycles. The zero-order chi connectivity index (χ0) is 18.4. The first-order valence-corrected chi connectivity index (χ1v) is 8.35. The van der Waals surface area contributed by atoms with Crippen LogP contribution in [0.25, 0.3) is 6.08 Å². The Balaban J connectivity index is 1.88. The number of hydrogen-bond acceptors (Lipinski definition) is 3. The van der Waals surface area contributed by atoms with Crippen LogP contribution in [-0.2, 0) is 14.3 Å². The minimum absolute atomic E-state index is 0.408. The predicted molar refractivity (Wildman–Crippen MR) is 101 cm³/mol. The maximum Gasteiger partial charge on any atom is 0.331 e. The molecular weight excluding hydrogens is 385 g/mol. The van der Waals surface area contributed by atoms with E-state index < -0.39 is 18.5 Å². The van der Waals surface area contributed by atoms with Crippen LogP contribution in [0.15, 0.2) is 42.5 Å². The van der Waals surface area contributed by atoms with Gasteiger partial charge < -0.3 is 10.1 Å². The average Bonchev–Trinajstić information content (AvgIpc) is 2.56. The lowest BCUT2D eigenvalue weighted by atomic mass is 10.2. The molecule has 0 bridgehead atoms. The van der Waals surface area contributed by atoms with Crippen molar-refractivity contribution in [3.8, 4) is 0 Å². The molecule has 0 radical (unpaired) electrons. The molecule has 130 valence electrons. The quantitative estimate of drug-likeness (QED) is 0.560. The summed E-state index contributed by atoms with van der Waals surface area (Å²) in [6.07, 6.45) is 2.67. The molecule has 0 aromatic heterocycles. The second-order valence-electron chi connectivity index (χ2n) is 5.07. The van der Waals surface area contributed by atoms with E-state index in [2.05, 4.69) is 5.32 Å². The van der Waals surface area contributed by atoms with Gasteiger partial charge in [0.2, 0.25) is 0 Å². The monoisotopic (exact) mass is 397 g/mol. The predicted octanol–water partition coefficient (Wildman–Crippen LogP) is 5.15. The molecule has 1 N–H and O–H groups in total. The number of esters is 1. The van der Waals surface area contributed by atoms with Gasteiger partial charge in [-0.1, -0.05) is 46.9 Å².